The topological polar surface area (TPSA) is 97.6 Å². The largest absolute Gasteiger partial charge is 0.486 e. The molecule has 0 fully saturated rings. The highest BCUT2D eigenvalue weighted by Gasteiger charge is 2.19. The molecule has 9 nitrogen and oxygen atoms in total. The summed E-state index contributed by atoms with van der Waals surface area (Å²) in [5, 5.41) is 0. The Morgan fingerprint density at radius 1 is 1.03 bits per heavy atom. The summed E-state index contributed by atoms with van der Waals surface area (Å²) in [5.74, 6) is 1.65. The molecule has 0 atom stereocenters. The molecule has 0 saturated carbocycles. The second-order valence-electron chi connectivity index (χ2n) is 7.04. The number of thiazole rings is 1. The number of carbonyl (C=O) groups excluding carboxylic acids is 2. The van der Waals surface area contributed by atoms with Crippen LogP contribution in [0.2, 0.25) is 0 Å². The van der Waals surface area contributed by atoms with Gasteiger partial charge in [-0.05, 0) is 25.1 Å². The van der Waals surface area contributed by atoms with Crippen LogP contribution >= 0.6 is 11.3 Å². The first-order chi connectivity index (χ1) is 15.6. The van der Waals surface area contributed by atoms with Crippen molar-refractivity contribution in [3.8, 4) is 23.0 Å². The van der Waals surface area contributed by atoms with Gasteiger partial charge in [-0.3, -0.25) is 9.59 Å². The van der Waals surface area contributed by atoms with E-state index in [1.165, 1.54) is 11.3 Å². The van der Waals surface area contributed by atoms with Crippen molar-refractivity contribution >= 4 is 33.4 Å². The van der Waals surface area contributed by atoms with Crippen molar-refractivity contribution in [1.29, 1.82) is 0 Å². The number of hydrogen-bond acceptors (Lipinski definition) is 8. The first-order valence-corrected chi connectivity index (χ1v) is 11.0. The summed E-state index contributed by atoms with van der Waals surface area (Å²) in [6.07, 6.45) is 0.152. The number of fused-ring (bicyclic) bond motifs is 3. The molecule has 3 heterocycles. The maximum atomic E-state index is 13.0. The SMILES string of the molecule is CCOC(=O)CCn1c(=NC(=O)c2ccc3c(c2)OCCO3)sc2cc3c(cc21)OCO3. The molecule has 0 spiro atoms. The summed E-state index contributed by atoms with van der Waals surface area (Å²) in [5.41, 5.74) is 1.19. The van der Waals surface area contributed by atoms with E-state index in [1.54, 1.807) is 25.1 Å². The Morgan fingerprint density at radius 2 is 1.78 bits per heavy atom. The zero-order valence-electron chi connectivity index (χ0n) is 17.3. The molecule has 10 heteroatoms. The van der Waals surface area contributed by atoms with Gasteiger partial charge in [0.2, 0.25) is 6.79 Å². The van der Waals surface area contributed by atoms with E-state index in [-0.39, 0.29) is 19.2 Å². The number of aryl methyl sites for hydroxylation is 1. The Labute approximate surface area is 186 Å². The molecule has 2 aromatic carbocycles. The fraction of sp³-hybridized carbons (Fsp3) is 0.318. The zero-order chi connectivity index (χ0) is 22.1. The summed E-state index contributed by atoms with van der Waals surface area (Å²) in [6.45, 7) is 3.46. The van der Waals surface area contributed by atoms with Gasteiger partial charge in [-0.15, -0.1) is 0 Å². The highest BCUT2D eigenvalue weighted by molar-refractivity contribution is 7.16. The van der Waals surface area contributed by atoms with E-state index in [2.05, 4.69) is 4.99 Å². The number of benzene rings is 2. The van der Waals surface area contributed by atoms with Crippen molar-refractivity contribution in [3.63, 3.8) is 0 Å². The van der Waals surface area contributed by atoms with E-state index < -0.39 is 5.91 Å². The number of aromatic nitrogens is 1. The lowest BCUT2D eigenvalue weighted by molar-refractivity contribution is -0.143. The van der Waals surface area contributed by atoms with Gasteiger partial charge in [-0.1, -0.05) is 11.3 Å². The average molecular weight is 456 g/mol. The van der Waals surface area contributed by atoms with Gasteiger partial charge in [0.15, 0.2) is 27.8 Å². The Bertz CT molecular complexity index is 1280. The second kappa shape index (κ2) is 8.54. The van der Waals surface area contributed by atoms with Crippen LogP contribution in [0.15, 0.2) is 35.3 Å². The van der Waals surface area contributed by atoms with E-state index in [0.29, 0.717) is 59.7 Å². The molecule has 2 aliphatic rings. The van der Waals surface area contributed by atoms with Crippen LogP contribution in [0.1, 0.15) is 23.7 Å². The van der Waals surface area contributed by atoms with E-state index in [9.17, 15) is 9.59 Å². The van der Waals surface area contributed by atoms with Gasteiger partial charge in [0.05, 0.1) is 23.2 Å². The number of esters is 1. The lowest BCUT2D eigenvalue weighted by Crippen LogP contribution is -2.20. The number of ether oxygens (including phenoxy) is 5. The molecule has 0 bridgehead atoms. The highest BCUT2D eigenvalue weighted by Crippen LogP contribution is 2.37. The number of amides is 1. The first-order valence-electron chi connectivity index (χ1n) is 10.2. The van der Waals surface area contributed by atoms with E-state index in [4.69, 9.17) is 23.7 Å². The monoisotopic (exact) mass is 456 g/mol. The molecule has 166 valence electrons. The fourth-order valence-electron chi connectivity index (χ4n) is 3.53. The molecule has 0 radical (unpaired) electrons. The van der Waals surface area contributed by atoms with Gasteiger partial charge in [0.25, 0.3) is 5.91 Å². The molecular weight excluding hydrogens is 436 g/mol. The maximum absolute atomic E-state index is 13.0. The second-order valence-corrected chi connectivity index (χ2v) is 8.05. The first kappa shape index (κ1) is 20.4. The minimum atomic E-state index is -0.418. The minimum Gasteiger partial charge on any atom is -0.486 e. The fourth-order valence-corrected chi connectivity index (χ4v) is 4.59. The highest BCUT2D eigenvalue weighted by atomic mass is 32.1. The normalized spacial score (nSPS) is 14.6. The molecule has 0 aliphatic carbocycles. The summed E-state index contributed by atoms with van der Waals surface area (Å²) in [6, 6.07) is 8.69. The van der Waals surface area contributed by atoms with Gasteiger partial charge in [0.1, 0.15) is 13.2 Å². The van der Waals surface area contributed by atoms with Crippen LogP contribution in [0.3, 0.4) is 0 Å². The standard InChI is InChI=1S/C22H20N2O7S/c1-2-27-20(25)5-6-24-14-10-17-18(31-12-30-17)11-19(14)32-22(24)23-21(26)13-3-4-15-16(9-13)29-8-7-28-15/h3-4,9-11H,2,5-8,12H2,1H3. The Morgan fingerprint density at radius 3 is 2.59 bits per heavy atom. The van der Waals surface area contributed by atoms with Crippen LogP contribution in [-0.4, -0.2) is 43.1 Å². The average Bonchev–Trinajstić information content (AvgIpc) is 3.39. The summed E-state index contributed by atoms with van der Waals surface area (Å²) >= 11 is 1.34. The predicted molar refractivity (Wildman–Crippen MR) is 115 cm³/mol. The number of nitrogens with zero attached hydrogens (tertiary/aromatic N) is 2. The third kappa shape index (κ3) is 3.89. The van der Waals surface area contributed by atoms with Crippen molar-refractivity contribution in [1.82, 2.24) is 4.57 Å². The van der Waals surface area contributed by atoms with Crippen molar-refractivity contribution in [2.24, 2.45) is 4.99 Å². The Kier molecular flexibility index (Phi) is 5.44. The van der Waals surface area contributed by atoms with Crippen molar-refractivity contribution in [2.45, 2.75) is 19.9 Å². The van der Waals surface area contributed by atoms with Gasteiger partial charge in [-0.2, -0.15) is 4.99 Å². The van der Waals surface area contributed by atoms with Gasteiger partial charge >= 0.3 is 5.97 Å². The third-order valence-corrected chi connectivity index (χ3v) is 6.05. The van der Waals surface area contributed by atoms with E-state index in [0.717, 1.165) is 10.2 Å². The molecule has 2 aliphatic heterocycles. The predicted octanol–water partition coefficient (Wildman–Crippen LogP) is 2.90. The molecule has 0 N–H and O–H groups in total. The van der Waals surface area contributed by atoms with Crippen LogP contribution in [0.4, 0.5) is 0 Å². The van der Waals surface area contributed by atoms with E-state index in [1.807, 2.05) is 16.7 Å². The van der Waals surface area contributed by atoms with Crippen LogP contribution < -0.4 is 23.7 Å². The van der Waals surface area contributed by atoms with Crippen molar-refractivity contribution in [2.75, 3.05) is 26.6 Å². The molecule has 1 amide bonds. The smallest absolute Gasteiger partial charge is 0.307 e. The summed E-state index contributed by atoms with van der Waals surface area (Å²) < 4.78 is 29.8. The molecule has 0 saturated heterocycles. The van der Waals surface area contributed by atoms with Gasteiger partial charge in [-0.25, -0.2) is 0 Å². The molecule has 1 aromatic heterocycles. The molecule has 0 unspecified atom stereocenters. The van der Waals surface area contributed by atoms with Gasteiger partial charge < -0.3 is 28.3 Å². The van der Waals surface area contributed by atoms with Crippen LogP contribution in [0.5, 0.6) is 23.0 Å². The zero-order valence-corrected chi connectivity index (χ0v) is 18.1. The molecule has 3 aromatic rings. The lowest BCUT2D eigenvalue weighted by Gasteiger charge is -2.18. The summed E-state index contributed by atoms with van der Waals surface area (Å²) in [7, 11) is 0. The van der Waals surface area contributed by atoms with Crippen molar-refractivity contribution < 1.29 is 33.3 Å². The summed E-state index contributed by atoms with van der Waals surface area (Å²) in [4.78, 5) is 29.7. The Balaban J connectivity index is 1.54. The van der Waals surface area contributed by atoms with Crippen LogP contribution in [0.25, 0.3) is 10.2 Å². The van der Waals surface area contributed by atoms with Crippen LogP contribution in [0, 0.1) is 0 Å². The quantitative estimate of drug-likeness (QED) is 0.545. The number of rotatable bonds is 5. The van der Waals surface area contributed by atoms with Crippen LogP contribution in [-0.2, 0) is 16.1 Å². The maximum Gasteiger partial charge on any atom is 0.307 e. The minimum absolute atomic E-state index is 0.152. The number of carbonyl (C=O) groups is 2. The third-order valence-electron chi connectivity index (χ3n) is 5.01. The molecule has 5 rings (SSSR count). The van der Waals surface area contributed by atoms with E-state index >= 15 is 0 Å². The number of hydrogen-bond donors (Lipinski definition) is 0. The van der Waals surface area contributed by atoms with Gasteiger partial charge in [0, 0.05) is 24.2 Å². The lowest BCUT2D eigenvalue weighted by atomic mass is 10.2. The van der Waals surface area contributed by atoms with Crippen molar-refractivity contribution in [3.05, 3.63) is 40.7 Å². The molecular formula is C22H20N2O7S. The Hall–Kier alpha value is -3.53. The molecule has 32 heavy (non-hydrogen) atoms.